The second-order valence-corrected chi connectivity index (χ2v) is 6.82. The molecule has 1 aromatic carbocycles. The highest BCUT2D eigenvalue weighted by molar-refractivity contribution is 5.48. The Kier molecular flexibility index (Phi) is 4.51. The van der Waals surface area contributed by atoms with Crippen molar-refractivity contribution in [1.82, 2.24) is 5.32 Å². The Morgan fingerprint density at radius 2 is 1.68 bits per heavy atom. The van der Waals surface area contributed by atoms with E-state index < -0.39 is 0 Å². The van der Waals surface area contributed by atoms with E-state index in [0.29, 0.717) is 0 Å². The quantitative estimate of drug-likeness (QED) is 0.881. The smallest absolute Gasteiger partial charge is 0.0366 e. The zero-order valence-electron chi connectivity index (χ0n) is 12.9. The van der Waals surface area contributed by atoms with Gasteiger partial charge in [-0.3, -0.25) is 0 Å². The Morgan fingerprint density at radius 3 is 2.21 bits per heavy atom. The highest BCUT2D eigenvalue weighted by Crippen LogP contribution is 2.27. The third-order valence-electron chi connectivity index (χ3n) is 4.04. The standard InChI is InChI=1S/C17H28N2/c1-17(2,3)18-13-14-9-11-16(12-10-14)19(4)15-7-5-6-8-15/h9-12,15,18H,5-8,13H2,1-4H3. The molecule has 0 aromatic heterocycles. The van der Waals surface area contributed by atoms with E-state index in [1.165, 1.54) is 36.9 Å². The molecule has 19 heavy (non-hydrogen) atoms. The Morgan fingerprint density at radius 1 is 1.11 bits per heavy atom. The number of anilines is 1. The Hall–Kier alpha value is -1.02. The molecule has 1 fully saturated rings. The van der Waals surface area contributed by atoms with Crippen LogP contribution < -0.4 is 10.2 Å². The number of nitrogens with zero attached hydrogens (tertiary/aromatic N) is 1. The first-order chi connectivity index (χ1) is 8.96. The number of benzene rings is 1. The average molecular weight is 260 g/mol. The zero-order chi connectivity index (χ0) is 13.9. The molecular formula is C17H28N2. The number of nitrogens with one attached hydrogen (secondary N) is 1. The van der Waals surface area contributed by atoms with E-state index in [0.717, 1.165) is 12.6 Å². The summed E-state index contributed by atoms with van der Waals surface area (Å²) >= 11 is 0. The molecule has 0 unspecified atom stereocenters. The molecule has 0 aliphatic heterocycles. The van der Waals surface area contributed by atoms with Crippen molar-refractivity contribution in [2.75, 3.05) is 11.9 Å². The van der Waals surface area contributed by atoms with Crippen LogP contribution >= 0.6 is 0 Å². The normalized spacial score (nSPS) is 16.8. The molecule has 2 heteroatoms. The molecular weight excluding hydrogens is 232 g/mol. The summed E-state index contributed by atoms with van der Waals surface area (Å²) in [6, 6.07) is 9.77. The molecule has 0 saturated heterocycles. The molecule has 0 atom stereocenters. The first-order valence-electron chi connectivity index (χ1n) is 7.52. The summed E-state index contributed by atoms with van der Waals surface area (Å²) in [6.45, 7) is 7.55. The maximum Gasteiger partial charge on any atom is 0.0366 e. The molecule has 1 aromatic rings. The van der Waals surface area contributed by atoms with Crippen LogP contribution in [0.25, 0.3) is 0 Å². The monoisotopic (exact) mass is 260 g/mol. The van der Waals surface area contributed by atoms with E-state index >= 15 is 0 Å². The maximum atomic E-state index is 3.53. The number of rotatable bonds is 4. The van der Waals surface area contributed by atoms with Crippen LogP contribution in [-0.2, 0) is 6.54 Å². The van der Waals surface area contributed by atoms with Crippen molar-refractivity contribution >= 4 is 5.69 Å². The Bertz CT molecular complexity index is 383. The van der Waals surface area contributed by atoms with Crippen molar-refractivity contribution in [3.63, 3.8) is 0 Å². The van der Waals surface area contributed by atoms with Gasteiger partial charge in [0.05, 0.1) is 0 Å². The van der Waals surface area contributed by atoms with Crippen molar-refractivity contribution in [2.24, 2.45) is 0 Å². The summed E-state index contributed by atoms with van der Waals surface area (Å²) in [5, 5.41) is 3.53. The first-order valence-corrected chi connectivity index (χ1v) is 7.52. The first kappa shape index (κ1) is 14.4. The van der Waals surface area contributed by atoms with Crippen LogP contribution in [0.5, 0.6) is 0 Å². The van der Waals surface area contributed by atoms with E-state index in [-0.39, 0.29) is 5.54 Å². The lowest BCUT2D eigenvalue weighted by Crippen LogP contribution is -2.35. The van der Waals surface area contributed by atoms with E-state index in [1.54, 1.807) is 0 Å². The van der Waals surface area contributed by atoms with Gasteiger partial charge in [-0.05, 0) is 51.3 Å². The summed E-state index contributed by atoms with van der Waals surface area (Å²) in [4.78, 5) is 2.45. The predicted molar refractivity (Wildman–Crippen MR) is 83.7 cm³/mol. The van der Waals surface area contributed by atoms with Crippen molar-refractivity contribution in [3.8, 4) is 0 Å². The topological polar surface area (TPSA) is 15.3 Å². The third kappa shape index (κ3) is 4.24. The SMILES string of the molecule is CN(c1ccc(CNC(C)(C)C)cc1)C1CCCC1. The van der Waals surface area contributed by atoms with Gasteiger partial charge in [0.25, 0.3) is 0 Å². The van der Waals surface area contributed by atoms with Crippen LogP contribution in [0.15, 0.2) is 24.3 Å². The van der Waals surface area contributed by atoms with Gasteiger partial charge in [0.1, 0.15) is 0 Å². The zero-order valence-corrected chi connectivity index (χ0v) is 12.9. The average Bonchev–Trinajstić information content (AvgIpc) is 2.89. The van der Waals surface area contributed by atoms with Crippen molar-refractivity contribution in [3.05, 3.63) is 29.8 Å². The van der Waals surface area contributed by atoms with Crippen LogP contribution in [0.3, 0.4) is 0 Å². The minimum absolute atomic E-state index is 0.180. The van der Waals surface area contributed by atoms with E-state index in [2.05, 4.69) is 62.3 Å². The minimum Gasteiger partial charge on any atom is -0.372 e. The molecule has 2 rings (SSSR count). The molecule has 1 saturated carbocycles. The van der Waals surface area contributed by atoms with Crippen LogP contribution in [0.1, 0.15) is 52.0 Å². The van der Waals surface area contributed by atoms with Crippen LogP contribution in [0.4, 0.5) is 5.69 Å². The van der Waals surface area contributed by atoms with Gasteiger partial charge in [0, 0.05) is 30.9 Å². The number of hydrogen-bond acceptors (Lipinski definition) is 2. The summed E-state index contributed by atoms with van der Waals surface area (Å²) in [6.07, 6.45) is 5.48. The summed E-state index contributed by atoms with van der Waals surface area (Å²) in [7, 11) is 2.23. The Balaban J connectivity index is 1.94. The fourth-order valence-corrected chi connectivity index (χ4v) is 2.72. The van der Waals surface area contributed by atoms with Crippen molar-refractivity contribution in [2.45, 2.75) is 64.6 Å². The molecule has 0 amide bonds. The highest BCUT2D eigenvalue weighted by Gasteiger charge is 2.19. The molecule has 0 radical (unpaired) electrons. The van der Waals surface area contributed by atoms with E-state index in [9.17, 15) is 0 Å². The van der Waals surface area contributed by atoms with Gasteiger partial charge in [-0.15, -0.1) is 0 Å². The minimum atomic E-state index is 0.180. The molecule has 1 aliphatic rings. The Labute approximate surface area is 118 Å². The van der Waals surface area contributed by atoms with Crippen LogP contribution in [0.2, 0.25) is 0 Å². The fourth-order valence-electron chi connectivity index (χ4n) is 2.72. The second-order valence-electron chi connectivity index (χ2n) is 6.82. The summed E-state index contributed by atoms with van der Waals surface area (Å²) in [5.74, 6) is 0. The van der Waals surface area contributed by atoms with Crippen molar-refractivity contribution < 1.29 is 0 Å². The summed E-state index contributed by atoms with van der Waals surface area (Å²) < 4.78 is 0. The molecule has 0 heterocycles. The van der Waals surface area contributed by atoms with Gasteiger partial charge in [0.2, 0.25) is 0 Å². The molecule has 1 N–H and O–H groups in total. The molecule has 0 spiro atoms. The van der Waals surface area contributed by atoms with E-state index in [1.807, 2.05) is 0 Å². The molecule has 1 aliphatic carbocycles. The number of hydrogen-bond donors (Lipinski definition) is 1. The molecule has 106 valence electrons. The van der Waals surface area contributed by atoms with Crippen LogP contribution in [-0.4, -0.2) is 18.6 Å². The van der Waals surface area contributed by atoms with Crippen LogP contribution in [0, 0.1) is 0 Å². The summed E-state index contributed by atoms with van der Waals surface area (Å²) in [5.41, 5.74) is 2.89. The highest BCUT2D eigenvalue weighted by atomic mass is 15.1. The molecule has 2 nitrogen and oxygen atoms in total. The lowest BCUT2D eigenvalue weighted by Gasteiger charge is -2.27. The van der Waals surface area contributed by atoms with Gasteiger partial charge in [-0.25, -0.2) is 0 Å². The lowest BCUT2D eigenvalue weighted by atomic mass is 10.1. The maximum absolute atomic E-state index is 3.53. The van der Waals surface area contributed by atoms with Gasteiger partial charge >= 0.3 is 0 Å². The second kappa shape index (κ2) is 5.96. The van der Waals surface area contributed by atoms with Gasteiger partial charge in [0.15, 0.2) is 0 Å². The predicted octanol–water partition coefficient (Wildman–Crippen LogP) is 3.95. The van der Waals surface area contributed by atoms with E-state index in [4.69, 9.17) is 0 Å². The van der Waals surface area contributed by atoms with Gasteiger partial charge < -0.3 is 10.2 Å². The van der Waals surface area contributed by atoms with Gasteiger partial charge in [-0.2, -0.15) is 0 Å². The fraction of sp³-hybridized carbons (Fsp3) is 0.647. The molecule has 0 bridgehead atoms. The van der Waals surface area contributed by atoms with Crippen molar-refractivity contribution in [1.29, 1.82) is 0 Å². The lowest BCUT2D eigenvalue weighted by molar-refractivity contribution is 0.424. The third-order valence-corrected chi connectivity index (χ3v) is 4.04. The largest absolute Gasteiger partial charge is 0.372 e. The van der Waals surface area contributed by atoms with Gasteiger partial charge in [-0.1, -0.05) is 25.0 Å².